The second kappa shape index (κ2) is 31.1. The number of carbonyl (C=O) groups excluding carboxylic acids is 6. The van der Waals surface area contributed by atoms with E-state index in [1.165, 1.54) is 27.4 Å². The highest BCUT2D eigenvalue weighted by Crippen LogP contribution is 2.34. The second-order valence-electron chi connectivity index (χ2n) is 27.9. The zero-order chi connectivity index (χ0) is 70.4. The highest BCUT2D eigenvalue weighted by Gasteiger charge is 2.45. The van der Waals surface area contributed by atoms with E-state index in [0.717, 1.165) is 89.4 Å². The number of benzene rings is 3. The minimum atomic E-state index is -4.39. The molecule has 3 aromatic heterocycles. The van der Waals surface area contributed by atoms with Crippen LogP contribution in [0, 0.1) is 29.9 Å². The Hall–Kier alpha value is -7.90. The number of piperidine rings is 1. The number of thiazole rings is 1. The van der Waals surface area contributed by atoms with Crippen LogP contribution >= 0.6 is 11.3 Å². The maximum atomic E-state index is 15.9. The summed E-state index contributed by atoms with van der Waals surface area (Å²) < 4.78 is 85.0. The van der Waals surface area contributed by atoms with Crippen molar-refractivity contribution in [2.45, 2.75) is 123 Å². The number of pyridine rings is 1. The third-order valence-corrected chi connectivity index (χ3v) is 20.7. The third kappa shape index (κ3) is 18.3. The summed E-state index contributed by atoms with van der Waals surface area (Å²) in [6, 6.07) is 15.6. The molecule has 29 heteroatoms. The van der Waals surface area contributed by atoms with Gasteiger partial charge in [0, 0.05) is 107 Å². The van der Waals surface area contributed by atoms with Gasteiger partial charge in [-0.1, -0.05) is 57.2 Å². The number of H-pyrrole nitrogens is 1. The Bertz CT molecular complexity index is 3960. The Labute approximate surface area is 573 Å². The number of hydrogen-bond acceptors (Lipinski definition) is 18. The Balaban J connectivity index is 0.690. The number of aromatic nitrogens is 3. The number of ketones is 1. The number of aliphatic hydroxyl groups excluding tert-OH is 1. The number of alkyl halides is 1. The highest BCUT2D eigenvalue weighted by molar-refractivity contribution is 7.90. The predicted octanol–water partition coefficient (Wildman–Crippen LogP) is 7.11. The molecule has 6 aromatic rings. The van der Waals surface area contributed by atoms with Crippen molar-refractivity contribution in [2.24, 2.45) is 11.3 Å². The molecule has 24 nitrogen and oxygen atoms in total. The maximum Gasteiger partial charge on any atom is 0.306 e. The lowest BCUT2D eigenvalue weighted by atomic mass is 9.85. The van der Waals surface area contributed by atoms with Crippen molar-refractivity contribution in [3.63, 3.8) is 0 Å². The zero-order valence-corrected chi connectivity index (χ0v) is 58.2. The Morgan fingerprint density at radius 2 is 1.53 bits per heavy atom. The smallest absolute Gasteiger partial charge is 0.306 e. The highest BCUT2D eigenvalue weighted by atomic mass is 32.2. The molecule has 4 fully saturated rings. The summed E-state index contributed by atoms with van der Waals surface area (Å²) in [6.07, 6.45) is 1.81. The largest absolute Gasteiger partial charge is 0.463 e. The lowest BCUT2D eigenvalue weighted by Gasteiger charge is -2.40. The Morgan fingerprint density at radius 3 is 2.18 bits per heavy atom. The molecule has 10 rings (SSSR count). The number of fused-ring (bicyclic) bond motifs is 1. The first-order valence-electron chi connectivity index (χ1n) is 33.1. The van der Waals surface area contributed by atoms with Gasteiger partial charge in [0.15, 0.2) is 5.82 Å². The lowest BCUT2D eigenvalue weighted by Crippen LogP contribution is -2.59. The van der Waals surface area contributed by atoms with E-state index in [-0.39, 0.29) is 70.1 Å². The van der Waals surface area contributed by atoms with Gasteiger partial charge in [-0.05, 0) is 118 Å². The average molecular weight is 1400 g/mol. The number of aromatic amines is 1. The van der Waals surface area contributed by atoms with Crippen LogP contribution in [0.15, 0.2) is 84.6 Å². The van der Waals surface area contributed by atoms with E-state index in [9.17, 15) is 46.7 Å². The molecule has 4 aliphatic heterocycles. The van der Waals surface area contributed by atoms with Gasteiger partial charge in [0.25, 0.3) is 0 Å². The molecule has 1 unspecified atom stereocenters. The molecule has 528 valence electrons. The summed E-state index contributed by atoms with van der Waals surface area (Å²) in [5.41, 5.74) is 6.65. The minimum Gasteiger partial charge on any atom is -0.463 e. The molecular formula is C69H88F3N13O11S2. The van der Waals surface area contributed by atoms with E-state index in [1.807, 2.05) is 102 Å². The quantitative estimate of drug-likeness (QED) is 0.0144. The fraction of sp³-hybridized carbons (Fsp3) is 0.507. The van der Waals surface area contributed by atoms with Crippen molar-refractivity contribution in [1.29, 1.82) is 0 Å². The molecule has 0 aliphatic carbocycles. The van der Waals surface area contributed by atoms with Gasteiger partial charge in [0.05, 0.1) is 58.0 Å². The fourth-order valence-corrected chi connectivity index (χ4v) is 14.8. The molecule has 0 saturated carbocycles. The first-order chi connectivity index (χ1) is 46.5. The van der Waals surface area contributed by atoms with Crippen LogP contribution in [0.1, 0.15) is 113 Å². The molecule has 0 spiro atoms. The van der Waals surface area contributed by atoms with Crippen LogP contribution in [-0.2, 0) is 43.7 Å². The van der Waals surface area contributed by atoms with Gasteiger partial charge >= 0.3 is 16.2 Å². The molecule has 4 amide bonds. The number of nitrogens with one attached hydrogen (secondary N) is 5. The molecule has 0 radical (unpaired) electrons. The number of piperazine rings is 1. The summed E-state index contributed by atoms with van der Waals surface area (Å²) in [5, 5.41) is 18.8. The number of likely N-dealkylation sites (tertiary alicyclic amines) is 2. The number of hydrogen-bond donors (Lipinski definition) is 6. The van der Waals surface area contributed by atoms with E-state index in [1.54, 1.807) is 24.8 Å². The molecule has 3 aromatic carbocycles. The minimum absolute atomic E-state index is 0.0156. The number of ether oxygens (including phenoxy) is 2. The van der Waals surface area contributed by atoms with Crippen molar-refractivity contribution < 1.29 is 64.9 Å². The summed E-state index contributed by atoms with van der Waals surface area (Å²) in [7, 11) is -2.75. The Morgan fingerprint density at radius 1 is 0.827 bits per heavy atom. The summed E-state index contributed by atoms with van der Waals surface area (Å²) in [5.74, 6) is -5.72. The summed E-state index contributed by atoms with van der Waals surface area (Å²) >= 11 is 1.49. The average Bonchev–Trinajstić information content (AvgIpc) is 1.53. The van der Waals surface area contributed by atoms with Gasteiger partial charge in [0.1, 0.15) is 43.1 Å². The van der Waals surface area contributed by atoms with E-state index >= 15 is 8.78 Å². The van der Waals surface area contributed by atoms with E-state index in [0.29, 0.717) is 41.2 Å². The molecule has 6 N–H and O–H groups in total. The normalized spacial score (nSPS) is 19.2. The number of aryl methyl sites for hydroxylation is 1. The van der Waals surface area contributed by atoms with E-state index in [2.05, 4.69) is 45.7 Å². The number of nitrogens with zero attached hydrogens (tertiary/aromatic N) is 8. The molecule has 98 heavy (non-hydrogen) atoms. The van der Waals surface area contributed by atoms with Crippen LogP contribution in [0.25, 0.3) is 32.6 Å². The molecular weight excluding hydrogens is 1310 g/mol. The first kappa shape index (κ1) is 72.8. The number of anilines is 2. The fourth-order valence-electron chi connectivity index (χ4n) is 12.7. The number of hydrazine groups is 1. The van der Waals surface area contributed by atoms with Crippen LogP contribution in [-0.4, -0.2) is 210 Å². The number of carbonyl (C=O) groups is 6. The number of esters is 1. The van der Waals surface area contributed by atoms with E-state index < -0.39 is 111 Å². The van der Waals surface area contributed by atoms with Gasteiger partial charge in [-0.3, -0.25) is 48.7 Å². The van der Waals surface area contributed by atoms with Crippen molar-refractivity contribution in [2.75, 3.05) is 102 Å². The number of amides is 4. The zero-order valence-electron chi connectivity index (χ0n) is 56.5. The van der Waals surface area contributed by atoms with Gasteiger partial charge in [-0.2, -0.15) is 17.7 Å². The molecule has 5 atom stereocenters. The van der Waals surface area contributed by atoms with Crippen molar-refractivity contribution in [1.82, 2.24) is 55.0 Å². The van der Waals surface area contributed by atoms with Gasteiger partial charge in [0.2, 0.25) is 29.4 Å². The molecule has 4 aliphatic rings. The molecule has 7 heterocycles. The van der Waals surface area contributed by atoms with Gasteiger partial charge in [-0.25, -0.2) is 23.1 Å². The van der Waals surface area contributed by atoms with Crippen LogP contribution < -0.4 is 25.7 Å². The van der Waals surface area contributed by atoms with Crippen LogP contribution in [0.2, 0.25) is 0 Å². The predicted molar refractivity (Wildman–Crippen MR) is 365 cm³/mol. The number of rotatable bonds is 25. The first-order valence-corrected chi connectivity index (χ1v) is 35.4. The van der Waals surface area contributed by atoms with E-state index in [4.69, 9.17) is 9.47 Å². The SMILES string of the molecule is Cc1ncsc1-c1ccc([C@H](COC(=O)CCC(=O)NN(C)COC(C)(C)C)NC(=O)[C@@H]2C[C@@H](O)CN2C(=O)C(NC(=O)CN2CCC(CN3CCN(c4ccc(-c5cnc6[nH]cc(C(=O)c7c(F)ccc(NS(=O)(=O)N8CC[C@@H](F)C8)c7F)c6c5)cc4)CC3)CC2)C(C)(C)C)cc1. The molecule has 0 bridgehead atoms. The summed E-state index contributed by atoms with van der Waals surface area (Å²) in [4.78, 5) is 104. The van der Waals surface area contributed by atoms with Crippen LogP contribution in [0.4, 0.5) is 24.5 Å². The van der Waals surface area contributed by atoms with Crippen LogP contribution in [0.3, 0.4) is 0 Å². The number of halogens is 3. The third-order valence-electron chi connectivity index (χ3n) is 18.2. The maximum absolute atomic E-state index is 15.9. The Kier molecular flexibility index (Phi) is 23.1. The molecule has 4 saturated heterocycles. The number of β-amino-alcohol motifs (C(OH)–C–C–N with tert-alkyl or cyclic N) is 1. The second-order valence-corrected chi connectivity index (χ2v) is 30.4. The monoisotopic (exact) mass is 1400 g/mol. The standard InChI is InChI=1S/C69H88F3N13O11S2/c1-42-63(97-40-75-42)46-11-9-45(10-12-46)55(39-95-59(89)20-19-57(87)78-80(8)41-96-69(5,6)7)76-66(91)56-32-50(86)37-85(56)67(92)64(68(2,3)4)77-58(88)38-81-24-21-43(22-25-81)35-82-27-29-83(30-28-82)49-15-13-44(14-16-49)47-31-51-52(34-74-65(51)73-33-47)62(90)60-53(71)17-18-54(61(60)72)79-98(93,94)84-26-23-48(70)36-84/h9-18,31,33-34,40,43,48,50,55-56,64,79,86H,19-30,32,35-39,41H2,1-8H3,(H,73,74)(H,76,91)(H,77,88)(H,78,87)/t48-,50-,55+,56+,64?/m1/s1. The number of aliphatic hydroxyl groups is 1. The van der Waals surface area contributed by atoms with Gasteiger partial charge < -0.3 is 40.0 Å². The lowest BCUT2D eigenvalue weighted by molar-refractivity contribution is -0.147. The van der Waals surface area contributed by atoms with Crippen molar-refractivity contribution in [3.05, 3.63) is 119 Å². The van der Waals surface area contributed by atoms with Crippen molar-refractivity contribution >= 4 is 79.3 Å². The van der Waals surface area contributed by atoms with Crippen LogP contribution in [0.5, 0.6) is 0 Å². The topological polar surface area (TPSA) is 284 Å². The van der Waals surface area contributed by atoms with Crippen molar-refractivity contribution in [3.8, 4) is 21.6 Å². The van der Waals surface area contributed by atoms with Gasteiger partial charge in [-0.15, -0.1) is 11.3 Å². The summed E-state index contributed by atoms with van der Waals surface area (Å²) in [6.45, 7) is 17.9.